The van der Waals surface area contributed by atoms with Crippen molar-refractivity contribution in [1.29, 1.82) is 0 Å². The quantitative estimate of drug-likeness (QED) is 0.879. The van der Waals surface area contributed by atoms with Gasteiger partial charge in [0.05, 0.1) is 12.7 Å². The van der Waals surface area contributed by atoms with Crippen LogP contribution in [0.4, 0.5) is 0 Å². The SMILES string of the molecule is CC(N)C(OCCc1ccccn1)c1ccccc1Br. The van der Waals surface area contributed by atoms with Crippen LogP contribution in [-0.2, 0) is 11.2 Å². The Kier molecular flexibility index (Phi) is 5.71. The van der Waals surface area contributed by atoms with Crippen LogP contribution in [0.3, 0.4) is 0 Å². The molecule has 20 heavy (non-hydrogen) atoms. The minimum atomic E-state index is -0.116. The van der Waals surface area contributed by atoms with Crippen LogP contribution in [0, 0.1) is 0 Å². The standard InChI is InChI=1S/C16H19BrN2O/c1-12(18)16(14-7-2-3-8-15(14)17)20-11-9-13-6-4-5-10-19-13/h2-8,10,12,16H,9,11,18H2,1H3. The normalized spacial score (nSPS) is 13.9. The van der Waals surface area contributed by atoms with Crippen LogP contribution in [0.5, 0.6) is 0 Å². The van der Waals surface area contributed by atoms with E-state index in [1.165, 1.54) is 0 Å². The van der Waals surface area contributed by atoms with Crippen molar-refractivity contribution in [2.45, 2.75) is 25.5 Å². The van der Waals surface area contributed by atoms with E-state index in [1.807, 2.05) is 49.4 Å². The number of rotatable bonds is 6. The summed E-state index contributed by atoms with van der Waals surface area (Å²) in [6.45, 7) is 2.56. The zero-order valence-corrected chi connectivity index (χ0v) is 13.1. The number of pyridine rings is 1. The van der Waals surface area contributed by atoms with E-state index in [-0.39, 0.29) is 12.1 Å². The van der Waals surface area contributed by atoms with Crippen molar-refractivity contribution < 1.29 is 4.74 Å². The van der Waals surface area contributed by atoms with E-state index < -0.39 is 0 Å². The number of benzene rings is 1. The Morgan fingerprint density at radius 1 is 1.20 bits per heavy atom. The van der Waals surface area contributed by atoms with Gasteiger partial charge in [0, 0.05) is 28.8 Å². The molecule has 0 radical (unpaired) electrons. The second-order valence-electron chi connectivity index (χ2n) is 4.74. The molecule has 1 aromatic carbocycles. The van der Waals surface area contributed by atoms with E-state index in [1.54, 1.807) is 6.20 Å². The highest BCUT2D eigenvalue weighted by Gasteiger charge is 2.19. The predicted molar refractivity (Wildman–Crippen MR) is 84.4 cm³/mol. The van der Waals surface area contributed by atoms with E-state index >= 15 is 0 Å². The third-order valence-corrected chi connectivity index (χ3v) is 3.79. The lowest BCUT2D eigenvalue weighted by Crippen LogP contribution is -2.28. The van der Waals surface area contributed by atoms with Gasteiger partial charge in [-0.3, -0.25) is 4.98 Å². The van der Waals surface area contributed by atoms with E-state index in [4.69, 9.17) is 10.5 Å². The Morgan fingerprint density at radius 3 is 2.60 bits per heavy atom. The van der Waals surface area contributed by atoms with Crippen molar-refractivity contribution >= 4 is 15.9 Å². The van der Waals surface area contributed by atoms with Gasteiger partial charge in [0.2, 0.25) is 0 Å². The van der Waals surface area contributed by atoms with Crippen molar-refractivity contribution in [2.24, 2.45) is 5.73 Å². The molecule has 0 saturated heterocycles. The summed E-state index contributed by atoms with van der Waals surface area (Å²) in [5, 5.41) is 0. The van der Waals surface area contributed by atoms with Gasteiger partial charge in [0.1, 0.15) is 0 Å². The first-order valence-corrected chi connectivity index (χ1v) is 7.49. The first-order valence-electron chi connectivity index (χ1n) is 6.70. The lowest BCUT2D eigenvalue weighted by Gasteiger charge is -2.23. The first-order chi connectivity index (χ1) is 9.68. The molecule has 0 spiro atoms. The average Bonchev–Trinajstić information content (AvgIpc) is 2.45. The molecule has 0 fully saturated rings. The summed E-state index contributed by atoms with van der Waals surface area (Å²) in [6, 6.07) is 13.9. The zero-order valence-electron chi connectivity index (χ0n) is 11.5. The second-order valence-corrected chi connectivity index (χ2v) is 5.60. The number of aromatic nitrogens is 1. The van der Waals surface area contributed by atoms with Crippen molar-refractivity contribution in [3.8, 4) is 0 Å². The minimum Gasteiger partial charge on any atom is -0.371 e. The lowest BCUT2D eigenvalue weighted by atomic mass is 10.0. The third kappa shape index (κ3) is 4.13. The van der Waals surface area contributed by atoms with Gasteiger partial charge in [0.15, 0.2) is 0 Å². The summed E-state index contributed by atoms with van der Waals surface area (Å²) in [7, 11) is 0. The molecule has 2 atom stereocenters. The molecule has 0 amide bonds. The molecule has 1 aromatic heterocycles. The van der Waals surface area contributed by atoms with Crippen LogP contribution in [0.2, 0.25) is 0 Å². The molecule has 2 aromatic rings. The van der Waals surface area contributed by atoms with Gasteiger partial charge >= 0.3 is 0 Å². The number of hydrogen-bond acceptors (Lipinski definition) is 3. The third-order valence-electron chi connectivity index (χ3n) is 3.07. The van der Waals surface area contributed by atoms with Crippen molar-refractivity contribution in [1.82, 2.24) is 4.98 Å². The Balaban J connectivity index is 1.99. The Bertz CT molecular complexity index is 531. The number of ether oxygens (including phenoxy) is 1. The monoisotopic (exact) mass is 334 g/mol. The highest BCUT2D eigenvalue weighted by atomic mass is 79.9. The molecule has 2 rings (SSSR count). The van der Waals surface area contributed by atoms with E-state index in [0.717, 1.165) is 22.2 Å². The second kappa shape index (κ2) is 7.53. The largest absolute Gasteiger partial charge is 0.371 e. The molecule has 0 saturated carbocycles. The summed E-state index contributed by atoms with van der Waals surface area (Å²) in [5.74, 6) is 0. The van der Waals surface area contributed by atoms with Gasteiger partial charge in [-0.1, -0.05) is 40.2 Å². The molecule has 2 N–H and O–H groups in total. The molecule has 1 heterocycles. The fourth-order valence-electron chi connectivity index (χ4n) is 2.07. The van der Waals surface area contributed by atoms with Gasteiger partial charge in [-0.05, 0) is 30.7 Å². The molecule has 4 heteroatoms. The first kappa shape index (κ1) is 15.2. The number of halogens is 1. The highest BCUT2D eigenvalue weighted by molar-refractivity contribution is 9.10. The summed E-state index contributed by atoms with van der Waals surface area (Å²) >= 11 is 3.55. The van der Waals surface area contributed by atoms with E-state index in [2.05, 4.69) is 20.9 Å². The van der Waals surface area contributed by atoms with Crippen LogP contribution < -0.4 is 5.73 Å². The Morgan fingerprint density at radius 2 is 1.95 bits per heavy atom. The Hall–Kier alpha value is -1.23. The van der Waals surface area contributed by atoms with Crippen LogP contribution in [-0.4, -0.2) is 17.6 Å². The van der Waals surface area contributed by atoms with Gasteiger partial charge < -0.3 is 10.5 Å². The van der Waals surface area contributed by atoms with Crippen LogP contribution in [0.1, 0.15) is 24.3 Å². The van der Waals surface area contributed by atoms with E-state index in [9.17, 15) is 0 Å². The number of hydrogen-bond donors (Lipinski definition) is 1. The molecule has 0 bridgehead atoms. The van der Waals surface area contributed by atoms with Gasteiger partial charge in [-0.15, -0.1) is 0 Å². The number of nitrogens with zero attached hydrogens (tertiary/aromatic N) is 1. The van der Waals surface area contributed by atoms with Crippen molar-refractivity contribution in [2.75, 3.05) is 6.61 Å². The molecular formula is C16H19BrN2O. The maximum absolute atomic E-state index is 6.06. The molecule has 0 aliphatic rings. The molecule has 2 unspecified atom stereocenters. The van der Waals surface area contributed by atoms with Crippen LogP contribution in [0.15, 0.2) is 53.1 Å². The van der Waals surface area contributed by atoms with Crippen LogP contribution in [0.25, 0.3) is 0 Å². The maximum atomic E-state index is 6.06. The topological polar surface area (TPSA) is 48.1 Å². The maximum Gasteiger partial charge on any atom is 0.0983 e. The van der Waals surface area contributed by atoms with Gasteiger partial charge in [0.25, 0.3) is 0 Å². The zero-order chi connectivity index (χ0) is 14.4. The molecular weight excluding hydrogens is 316 g/mol. The summed E-state index contributed by atoms with van der Waals surface area (Å²) in [4.78, 5) is 4.29. The van der Waals surface area contributed by atoms with Crippen molar-refractivity contribution in [3.05, 3.63) is 64.4 Å². The lowest BCUT2D eigenvalue weighted by molar-refractivity contribution is 0.0395. The van der Waals surface area contributed by atoms with E-state index in [0.29, 0.717) is 6.61 Å². The summed E-state index contributed by atoms with van der Waals surface area (Å²) in [5.41, 5.74) is 8.17. The molecule has 106 valence electrons. The molecule has 0 aliphatic carbocycles. The fourth-order valence-corrected chi connectivity index (χ4v) is 2.58. The van der Waals surface area contributed by atoms with Gasteiger partial charge in [-0.25, -0.2) is 0 Å². The van der Waals surface area contributed by atoms with Gasteiger partial charge in [-0.2, -0.15) is 0 Å². The molecule has 3 nitrogen and oxygen atoms in total. The average molecular weight is 335 g/mol. The minimum absolute atomic E-state index is 0.0718. The summed E-state index contributed by atoms with van der Waals surface area (Å²) < 4.78 is 7.01. The van der Waals surface area contributed by atoms with Crippen molar-refractivity contribution in [3.63, 3.8) is 0 Å². The highest BCUT2D eigenvalue weighted by Crippen LogP contribution is 2.27. The Labute approximate surface area is 128 Å². The fraction of sp³-hybridized carbons (Fsp3) is 0.312. The smallest absolute Gasteiger partial charge is 0.0983 e. The number of nitrogens with two attached hydrogens (primary N) is 1. The molecule has 0 aliphatic heterocycles. The predicted octanol–water partition coefficient (Wildman–Crippen LogP) is 3.49. The van der Waals surface area contributed by atoms with Crippen LogP contribution >= 0.6 is 15.9 Å². The summed E-state index contributed by atoms with van der Waals surface area (Å²) in [6.07, 6.45) is 2.47.